The summed E-state index contributed by atoms with van der Waals surface area (Å²) in [5.41, 5.74) is 2.96. The Kier molecular flexibility index (Phi) is 4.42. The van der Waals surface area contributed by atoms with Crippen LogP contribution in [0.5, 0.6) is 0 Å². The number of nitrogens with one attached hydrogen (secondary N) is 3. The summed E-state index contributed by atoms with van der Waals surface area (Å²) in [7, 11) is 0. The molecule has 3 N–H and O–H groups in total. The summed E-state index contributed by atoms with van der Waals surface area (Å²) in [6.45, 7) is 3.75. The lowest BCUT2D eigenvalue weighted by Crippen LogP contribution is -2.48. The molecular weight excluding hydrogens is 331 g/mol. The molecule has 0 saturated carbocycles. The van der Waals surface area contributed by atoms with Gasteiger partial charge in [0, 0.05) is 18.0 Å². The molecule has 4 rings (SSSR count). The van der Waals surface area contributed by atoms with Crippen molar-refractivity contribution in [3.05, 3.63) is 59.7 Å². The van der Waals surface area contributed by atoms with Crippen molar-refractivity contribution in [3.8, 4) is 0 Å². The van der Waals surface area contributed by atoms with E-state index in [0.29, 0.717) is 23.7 Å². The molecule has 1 aliphatic rings. The predicted molar refractivity (Wildman–Crippen MR) is 99.5 cm³/mol. The summed E-state index contributed by atoms with van der Waals surface area (Å²) in [6.07, 6.45) is 0.398. The van der Waals surface area contributed by atoms with Crippen molar-refractivity contribution < 1.29 is 9.18 Å². The third-order valence-electron chi connectivity index (χ3n) is 5.05. The molecule has 1 aromatic heterocycles. The van der Waals surface area contributed by atoms with E-state index in [-0.39, 0.29) is 17.6 Å². The minimum atomic E-state index is -0.236. The van der Waals surface area contributed by atoms with Crippen molar-refractivity contribution >= 4 is 22.6 Å². The average molecular weight is 352 g/mol. The largest absolute Gasteiger partial charge is 0.342 e. The van der Waals surface area contributed by atoms with Gasteiger partial charge in [-0.25, -0.2) is 9.37 Å². The molecule has 1 unspecified atom stereocenters. The van der Waals surface area contributed by atoms with Gasteiger partial charge >= 0.3 is 0 Å². The molecule has 0 spiro atoms. The van der Waals surface area contributed by atoms with Crippen LogP contribution in [0.15, 0.2) is 42.5 Å². The monoisotopic (exact) mass is 352 g/mol. The van der Waals surface area contributed by atoms with Gasteiger partial charge in [0.15, 0.2) is 0 Å². The normalized spacial score (nSPS) is 15.6. The summed E-state index contributed by atoms with van der Waals surface area (Å²) in [4.78, 5) is 20.1. The van der Waals surface area contributed by atoms with Crippen LogP contribution in [0.2, 0.25) is 0 Å². The molecule has 1 saturated heterocycles. The molecular formula is C20H21FN4O. The van der Waals surface area contributed by atoms with Gasteiger partial charge in [-0.15, -0.1) is 0 Å². The first-order chi connectivity index (χ1) is 12.6. The number of nitrogens with zero attached hydrogens (tertiary/aromatic N) is 1. The Morgan fingerprint density at radius 2 is 2.12 bits per heavy atom. The van der Waals surface area contributed by atoms with Gasteiger partial charge in [0.2, 0.25) is 5.91 Å². The maximum absolute atomic E-state index is 13.8. The smallest absolute Gasteiger partial charge is 0.227 e. The van der Waals surface area contributed by atoms with Gasteiger partial charge in [0.05, 0.1) is 11.0 Å². The van der Waals surface area contributed by atoms with Crippen molar-refractivity contribution in [1.82, 2.24) is 15.3 Å². The average Bonchev–Trinajstić information content (AvgIpc) is 2.97. The zero-order valence-electron chi connectivity index (χ0n) is 14.6. The molecule has 6 heteroatoms. The van der Waals surface area contributed by atoms with Gasteiger partial charge in [-0.3, -0.25) is 4.79 Å². The topological polar surface area (TPSA) is 69.8 Å². The lowest BCUT2D eigenvalue weighted by atomic mass is 9.88. The number of carbonyl (C=O) groups excluding carboxylic acids is 1. The number of aromatic nitrogens is 2. The standard InChI is InChI=1S/C20H21FN4O/c1-12(14-10-22-11-14)20(26)23-15-6-7-17-18(9-15)25-19(24-17)8-13-4-2-3-5-16(13)21/h2-7,9,12,14,22H,8,10-11H2,1H3,(H,23,26)(H,24,25). The highest BCUT2D eigenvalue weighted by Crippen LogP contribution is 2.22. The quantitative estimate of drug-likeness (QED) is 0.661. The van der Waals surface area contributed by atoms with Crippen molar-refractivity contribution in [2.45, 2.75) is 13.3 Å². The first kappa shape index (κ1) is 16.7. The minimum Gasteiger partial charge on any atom is -0.342 e. The van der Waals surface area contributed by atoms with E-state index in [0.717, 1.165) is 29.8 Å². The summed E-state index contributed by atoms with van der Waals surface area (Å²) < 4.78 is 13.8. The number of H-pyrrole nitrogens is 1. The Bertz CT molecular complexity index is 948. The van der Waals surface area contributed by atoms with E-state index >= 15 is 0 Å². The lowest BCUT2D eigenvalue weighted by molar-refractivity contribution is -0.121. The van der Waals surface area contributed by atoms with E-state index in [2.05, 4.69) is 20.6 Å². The number of halogens is 1. The van der Waals surface area contributed by atoms with Crippen molar-refractivity contribution in [3.63, 3.8) is 0 Å². The summed E-state index contributed by atoms with van der Waals surface area (Å²) in [6, 6.07) is 12.3. The third-order valence-corrected chi connectivity index (χ3v) is 5.05. The second kappa shape index (κ2) is 6.88. The third kappa shape index (κ3) is 3.32. The summed E-state index contributed by atoms with van der Waals surface area (Å²) in [5, 5.41) is 6.17. The summed E-state index contributed by atoms with van der Waals surface area (Å²) >= 11 is 0. The second-order valence-corrected chi connectivity index (χ2v) is 6.88. The lowest BCUT2D eigenvalue weighted by Gasteiger charge is -2.31. The van der Waals surface area contributed by atoms with E-state index in [4.69, 9.17) is 0 Å². The van der Waals surface area contributed by atoms with Gasteiger partial charge in [-0.2, -0.15) is 0 Å². The maximum Gasteiger partial charge on any atom is 0.227 e. The van der Waals surface area contributed by atoms with E-state index in [1.54, 1.807) is 12.1 Å². The van der Waals surface area contributed by atoms with Crippen LogP contribution in [0.3, 0.4) is 0 Å². The fraction of sp³-hybridized carbons (Fsp3) is 0.300. The highest BCUT2D eigenvalue weighted by Gasteiger charge is 2.28. The fourth-order valence-electron chi connectivity index (χ4n) is 3.18. The highest BCUT2D eigenvalue weighted by atomic mass is 19.1. The van der Waals surface area contributed by atoms with E-state index in [9.17, 15) is 9.18 Å². The van der Waals surface area contributed by atoms with Crippen molar-refractivity contribution in [1.29, 1.82) is 0 Å². The van der Waals surface area contributed by atoms with E-state index < -0.39 is 0 Å². The number of amides is 1. The first-order valence-corrected chi connectivity index (χ1v) is 8.84. The highest BCUT2D eigenvalue weighted by molar-refractivity contribution is 5.94. The van der Waals surface area contributed by atoms with E-state index in [1.165, 1.54) is 6.07 Å². The molecule has 134 valence electrons. The number of rotatable bonds is 5. The number of aromatic amines is 1. The molecule has 26 heavy (non-hydrogen) atoms. The molecule has 2 heterocycles. The van der Waals surface area contributed by atoms with Crippen LogP contribution in [-0.2, 0) is 11.2 Å². The Balaban J connectivity index is 1.50. The van der Waals surface area contributed by atoms with E-state index in [1.807, 2.05) is 31.2 Å². The first-order valence-electron chi connectivity index (χ1n) is 8.84. The van der Waals surface area contributed by atoms with Gasteiger partial charge in [-0.1, -0.05) is 25.1 Å². The van der Waals surface area contributed by atoms with Crippen LogP contribution < -0.4 is 10.6 Å². The number of imidazole rings is 1. The predicted octanol–water partition coefficient (Wildman–Crippen LogP) is 3.09. The number of hydrogen-bond donors (Lipinski definition) is 3. The number of fused-ring (bicyclic) bond motifs is 1. The Labute approximate surface area is 151 Å². The van der Waals surface area contributed by atoms with Gasteiger partial charge in [0.25, 0.3) is 0 Å². The molecule has 0 radical (unpaired) electrons. The van der Waals surface area contributed by atoms with Crippen LogP contribution in [-0.4, -0.2) is 29.0 Å². The fourth-order valence-corrected chi connectivity index (χ4v) is 3.18. The Morgan fingerprint density at radius 1 is 1.31 bits per heavy atom. The second-order valence-electron chi connectivity index (χ2n) is 6.88. The Morgan fingerprint density at radius 3 is 2.85 bits per heavy atom. The molecule has 1 atom stereocenters. The minimum absolute atomic E-state index is 0.0228. The number of hydrogen-bond acceptors (Lipinski definition) is 3. The van der Waals surface area contributed by atoms with Crippen LogP contribution in [0.4, 0.5) is 10.1 Å². The molecule has 1 amide bonds. The van der Waals surface area contributed by atoms with Gasteiger partial charge in [-0.05, 0) is 48.8 Å². The molecule has 0 aliphatic carbocycles. The molecule has 0 bridgehead atoms. The molecule has 2 aromatic carbocycles. The van der Waals surface area contributed by atoms with Crippen molar-refractivity contribution in [2.24, 2.45) is 11.8 Å². The van der Waals surface area contributed by atoms with Crippen molar-refractivity contribution in [2.75, 3.05) is 18.4 Å². The number of anilines is 1. The molecule has 1 fully saturated rings. The maximum atomic E-state index is 13.8. The summed E-state index contributed by atoms with van der Waals surface area (Å²) in [5.74, 6) is 0.869. The zero-order valence-corrected chi connectivity index (χ0v) is 14.6. The van der Waals surface area contributed by atoms with Crippen LogP contribution in [0.25, 0.3) is 11.0 Å². The number of carbonyl (C=O) groups is 1. The molecule has 5 nitrogen and oxygen atoms in total. The Hall–Kier alpha value is -2.73. The van der Waals surface area contributed by atoms with Gasteiger partial charge in [0.1, 0.15) is 11.6 Å². The van der Waals surface area contributed by atoms with Crippen LogP contribution in [0.1, 0.15) is 18.3 Å². The van der Waals surface area contributed by atoms with Crippen LogP contribution >= 0.6 is 0 Å². The molecule has 1 aliphatic heterocycles. The zero-order chi connectivity index (χ0) is 18.1. The van der Waals surface area contributed by atoms with Crippen LogP contribution in [0, 0.1) is 17.7 Å². The molecule has 3 aromatic rings. The van der Waals surface area contributed by atoms with Gasteiger partial charge < -0.3 is 15.6 Å². The number of benzene rings is 2. The SMILES string of the molecule is CC(C(=O)Nc1ccc2nc(Cc3ccccc3F)[nH]c2c1)C1CNC1.